The summed E-state index contributed by atoms with van der Waals surface area (Å²) in [4.78, 5) is 3.34. The smallest absolute Gasteiger partial charge is 0.368 e. The van der Waals surface area contributed by atoms with Gasteiger partial charge < -0.3 is 4.90 Å². The van der Waals surface area contributed by atoms with E-state index in [4.69, 9.17) is 5.26 Å². The largest absolute Gasteiger partial charge is 0.401 e. The lowest BCUT2D eigenvalue weighted by molar-refractivity contribution is -0.146. The van der Waals surface area contributed by atoms with Gasteiger partial charge in [-0.3, -0.25) is 4.90 Å². The summed E-state index contributed by atoms with van der Waals surface area (Å²) in [7, 11) is 0. The Morgan fingerprint density at radius 2 is 1.85 bits per heavy atom. The number of piperazine rings is 1. The van der Waals surface area contributed by atoms with Crippen LogP contribution < -0.4 is 4.90 Å². The van der Waals surface area contributed by atoms with Crippen molar-refractivity contribution in [2.75, 3.05) is 37.6 Å². The lowest BCUT2D eigenvalue weighted by atomic mass is 10.1. The number of halogens is 4. The molecule has 0 radical (unpaired) electrons. The predicted molar refractivity (Wildman–Crippen MR) is 73.6 cm³/mol. The van der Waals surface area contributed by atoms with E-state index in [1.807, 2.05) is 17.0 Å². The number of nitrogens with zero attached hydrogens (tertiary/aromatic N) is 3. The van der Waals surface area contributed by atoms with Gasteiger partial charge in [0.2, 0.25) is 0 Å². The van der Waals surface area contributed by atoms with Crippen LogP contribution in [0.15, 0.2) is 22.7 Å². The van der Waals surface area contributed by atoms with Crippen LogP contribution in [0.2, 0.25) is 0 Å². The summed E-state index contributed by atoms with van der Waals surface area (Å²) in [6.07, 6.45) is -4.16. The van der Waals surface area contributed by atoms with Crippen LogP contribution >= 0.6 is 15.9 Å². The highest BCUT2D eigenvalue weighted by Gasteiger charge is 2.32. The van der Waals surface area contributed by atoms with Gasteiger partial charge in [0.15, 0.2) is 0 Å². The Morgan fingerprint density at radius 1 is 1.20 bits per heavy atom. The van der Waals surface area contributed by atoms with Crippen LogP contribution in [-0.2, 0) is 0 Å². The SMILES string of the molecule is N#Cc1c(Br)cccc1N1CCN(CC(F)(F)F)CC1. The molecule has 20 heavy (non-hydrogen) atoms. The summed E-state index contributed by atoms with van der Waals surface area (Å²) in [5.74, 6) is 0. The van der Waals surface area contributed by atoms with Crippen molar-refractivity contribution in [3.05, 3.63) is 28.2 Å². The molecular formula is C13H13BrF3N3. The fourth-order valence-corrected chi connectivity index (χ4v) is 2.73. The topological polar surface area (TPSA) is 30.3 Å². The van der Waals surface area contributed by atoms with Gasteiger partial charge in [0.25, 0.3) is 0 Å². The van der Waals surface area contributed by atoms with Crippen molar-refractivity contribution < 1.29 is 13.2 Å². The summed E-state index contributed by atoms with van der Waals surface area (Å²) in [5.41, 5.74) is 1.30. The van der Waals surface area contributed by atoms with Gasteiger partial charge in [-0.1, -0.05) is 6.07 Å². The predicted octanol–water partition coefficient (Wildman–Crippen LogP) is 3.01. The van der Waals surface area contributed by atoms with Crippen molar-refractivity contribution in [2.24, 2.45) is 0 Å². The van der Waals surface area contributed by atoms with Crippen molar-refractivity contribution in [2.45, 2.75) is 6.18 Å². The quantitative estimate of drug-likeness (QED) is 0.823. The van der Waals surface area contributed by atoms with Crippen LogP contribution in [0.3, 0.4) is 0 Å². The van der Waals surface area contributed by atoms with Gasteiger partial charge in [-0.05, 0) is 28.1 Å². The molecule has 1 saturated heterocycles. The highest BCUT2D eigenvalue weighted by Crippen LogP contribution is 2.28. The van der Waals surface area contributed by atoms with Crippen molar-refractivity contribution >= 4 is 21.6 Å². The standard InChI is InChI=1S/C13H13BrF3N3/c14-11-2-1-3-12(10(11)8-18)20-6-4-19(5-7-20)9-13(15,16)17/h1-3H,4-7,9H2. The normalized spacial score (nSPS) is 17.1. The van der Waals surface area contributed by atoms with Gasteiger partial charge in [0.05, 0.1) is 17.8 Å². The second-order valence-electron chi connectivity index (χ2n) is 4.62. The molecule has 1 aliphatic heterocycles. The molecule has 0 aromatic heterocycles. The highest BCUT2D eigenvalue weighted by molar-refractivity contribution is 9.10. The molecule has 1 heterocycles. The first kappa shape index (κ1) is 15.1. The second kappa shape index (κ2) is 6.02. The van der Waals surface area contributed by atoms with Crippen LogP contribution in [0.4, 0.5) is 18.9 Å². The molecule has 7 heteroatoms. The minimum atomic E-state index is -4.16. The lowest BCUT2D eigenvalue weighted by Gasteiger charge is -2.36. The number of benzene rings is 1. The first-order valence-corrected chi connectivity index (χ1v) is 6.92. The third-order valence-corrected chi connectivity index (χ3v) is 3.88. The van der Waals surface area contributed by atoms with Crippen molar-refractivity contribution in [1.29, 1.82) is 5.26 Å². The Labute approximate surface area is 123 Å². The summed E-state index contributed by atoms with van der Waals surface area (Å²) in [6.45, 7) is 0.792. The molecule has 0 unspecified atom stereocenters. The van der Waals surface area contributed by atoms with Crippen LogP contribution in [0.1, 0.15) is 5.56 Å². The maximum atomic E-state index is 12.3. The monoisotopic (exact) mass is 347 g/mol. The number of anilines is 1. The highest BCUT2D eigenvalue weighted by atomic mass is 79.9. The summed E-state index contributed by atoms with van der Waals surface area (Å²) in [6, 6.07) is 7.55. The average molecular weight is 348 g/mol. The summed E-state index contributed by atoms with van der Waals surface area (Å²) >= 11 is 3.32. The van der Waals surface area contributed by atoms with Crippen LogP contribution in [-0.4, -0.2) is 43.8 Å². The van der Waals surface area contributed by atoms with E-state index in [2.05, 4.69) is 22.0 Å². The molecule has 1 aromatic carbocycles. The Bertz CT molecular complexity index is 517. The molecule has 0 atom stereocenters. The Balaban J connectivity index is 2.05. The van der Waals surface area contributed by atoms with E-state index in [-0.39, 0.29) is 0 Å². The van der Waals surface area contributed by atoms with Crippen LogP contribution in [0, 0.1) is 11.3 Å². The van der Waals surface area contributed by atoms with Gasteiger partial charge >= 0.3 is 6.18 Å². The van der Waals surface area contributed by atoms with E-state index >= 15 is 0 Å². The molecular weight excluding hydrogens is 335 g/mol. The van der Waals surface area contributed by atoms with Gasteiger partial charge in [0, 0.05) is 30.7 Å². The molecule has 2 rings (SSSR count). The van der Waals surface area contributed by atoms with Crippen molar-refractivity contribution in [1.82, 2.24) is 4.90 Å². The lowest BCUT2D eigenvalue weighted by Crippen LogP contribution is -2.49. The number of hydrogen-bond acceptors (Lipinski definition) is 3. The molecule has 1 fully saturated rings. The third kappa shape index (κ3) is 3.64. The number of hydrogen-bond donors (Lipinski definition) is 0. The van der Waals surface area contributed by atoms with E-state index in [1.165, 1.54) is 4.90 Å². The molecule has 0 saturated carbocycles. The molecule has 3 nitrogen and oxygen atoms in total. The molecule has 0 aliphatic carbocycles. The van der Waals surface area contributed by atoms with Gasteiger partial charge in [0.1, 0.15) is 6.07 Å². The fraction of sp³-hybridized carbons (Fsp3) is 0.462. The molecule has 0 N–H and O–H groups in total. The van der Waals surface area contributed by atoms with E-state index in [0.29, 0.717) is 36.2 Å². The van der Waals surface area contributed by atoms with Gasteiger partial charge in [-0.25, -0.2) is 0 Å². The second-order valence-corrected chi connectivity index (χ2v) is 5.48. The van der Waals surface area contributed by atoms with Crippen LogP contribution in [0.5, 0.6) is 0 Å². The Hall–Kier alpha value is -1.26. The van der Waals surface area contributed by atoms with Crippen molar-refractivity contribution in [3.63, 3.8) is 0 Å². The van der Waals surface area contributed by atoms with Crippen LogP contribution in [0.25, 0.3) is 0 Å². The maximum Gasteiger partial charge on any atom is 0.401 e. The van der Waals surface area contributed by atoms with Gasteiger partial charge in [-0.15, -0.1) is 0 Å². The third-order valence-electron chi connectivity index (χ3n) is 3.22. The molecule has 108 valence electrons. The van der Waals surface area contributed by atoms with Gasteiger partial charge in [-0.2, -0.15) is 18.4 Å². The van der Waals surface area contributed by atoms with E-state index < -0.39 is 12.7 Å². The zero-order valence-electron chi connectivity index (χ0n) is 10.6. The average Bonchev–Trinajstić information content (AvgIpc) is 2.37. The minimum absolute atomic E-state index is 0.344. The summed E-state index contributed by atoms with van der Waals surface area (Å²) in [5, 5.41) is 9.17. The zero-order chi connectivity index (χ0) is 14.8. The molecule has 1 aromatic rings. The Kier molecular flexibility index (Phi) is 4.55. The molecule has 0 bridgehead atoms. The minimum Gasteiger partial charge on any atom is -0.368 e. The number of nitriles is 1. The molecule has 1 aliphatic rings. The molecule has 0 amide bonds. The maximum absolute atomic E-state index is 12.3. The fourth-order valence-electron chi connectivity index (χ4n) is 2.29. The van der Waals surface area contributed by atoms with E-state index in [1.54, 1.807) is 6.07 Å². The first-order chi connectivity index (χ1) is 9.40. The number of rotatable bonds is 2. The van der Waals surface area contributed by atoms with E-state index in [9.17, 15) is 13.2 Å². The Morgan fingerprint density at radius 3 is 2.40 bits per heavy atom. The molecule has 0 spiro atoms. The number of alkyl halides is 3. The van der Waals surface area contributed by atoms with E-state index in [0.717, 1.165) is 5.69 Å². The zero-order valence-corrected chi connectivity index (χ0v) is 12.2. The van der Waals surface area contributed by atoms with Crippen molar-refractivity contribution in [3.8, 4) is 6.07 Å². The first-order valence-electron chi connectivity index (χ1n) is 6.13. The summed E-state index contributed by atoms with van der Waals surface area (Å²) < 4.78 is 37.7.